The van der Waals surface area contributed by atoms with E-state index in [2.05, 4.69) is 0 Å². The first-order chi connectivity index (χ1) is 7.50. The van der Waals surface area contributed by atoms with Gasteiger partial charge in [0.1, 0.15) is 0 Å². The first-order valence-electron chi connectivity index (χ1n) is 6.04. The van der Waals surface area contributed by atoms with Gasteiger partial charge in [-0.05, 0) is 39.0 Å². The number of aliphatic carboxylic acids is 1. The van der Waals surface area contributed by atoms with E-state index in [-0.39, 0.29) is 17.9 Å². The number of rotatable bonds is 5. The summed E-state index contributed by atoms with van der Waals surface area (Å²) in [5.74, 6) is -0.789. The summed E-state index contributed by atoms with van der Waals surface area (Å²) in [6.07, 6.45) is 2.95. The largest absolute Gasteiger partial charge is 0.481 e. The van der Waals surface area contributed by atoms with Gasteiger partial charge in [0.25, 0.3) is 0 Å². The molecular formula is C12H19NO3. The zero-order valence-corrected chi connectivity index (χ0v) is 9.85. The number of carboxylic acid groups (broad SMARTS) is 1. The maximum atomic E-state index is 12.1. The summed E-state index contributed by atoms with van der Waals surface area (Å²) in [7, 11) is 0. The molecule has 2 fully saturated rings. The van der Waals surface area contributed by atoms with Crippen molar-refractivity contribution in [1.29, 1.82) is 0 Å². The van der Waals surface area contributed by atoms with Crippen molar-refractivity contribution in [3.63, 3.8) is 0 Å². The van der Waals surface area contributed by atoms with Crippen molar-refractivity contribution >= 4 is 11.9 Å². The molecular weight excluding hydrogens is 206 g/mol. The van der Waals surface area contributed by atoms with Crippen LogP contribution in [-0.4, -0.2) is 34.5 Å². The van der Waals surface area contributed by atoms with Crippen LogP contribution in [0.1, 0.15) is 33.1 Å². The summed E-state index contributed by atoms with van der Waals surface area (Å²) >= 11 is 0. The van der Waals surface area contributed by atoms with Crippen LogP contribution >= 0.6 is 0 Å². The number of hydrogen-bond donors (Lipinski definition) is 1. The maximum Gasteiger partial charge on any atom is 0.307 e. The number of nitrogens with zero attached hydrogens (tertiary/aromatic N) is 1. The average Bonchev–Trinajstić information content (AvgIpc) is 3.05. The highest BCUT2D eigenvalue weighted by molar-refractivity contribution is 5.89. The lowest BCUT2D eigenvalue weighted by atomic mass is 10.2. The van der Waals surface area contributed by atoms with Gasteiger partial charge in [-0.15, -0.1) is 0 Å². The third kappa shape index (κ3) is 2.36. The number of hydrogen-bond acceptors (Lipinski definition) is 2. The van der Waals surface area contributed by atoms with Gasteiger partial charge in [-0.2, -0.15) is 0 Å². The van der Waals surface area contributed by atoms with Crippen LogP contribution in [0.4, 0.5) is 0 Å². The molecule has 0 aromatic rings. The second-order valence-electron chi connectivity index (χ2n) is 5.31. The van der Waals surface area contributed by atoms with Crippen molar-refractivity contribution in [1.82, 2.24) is 4.90 Å². The lowest BCUT2D eigenvalue weighted by Crippen LogP contribution is -2.40. The van der Waals surface area contributed by atoms with Gasteiger partial charge in [0, 0.05) is 12.6 Å². The summed E-state index contributed by atoms with van der Waals surface area (Å²) in [6.45, 7) is 4.82. The normalized spacial score (nSPS) is 27.9. The maximum absolute atomic E-state index is 12.1. The number of carbonyl (C=O) groups excluding carboxylic acids is 1. The fourth-order valence-electron chi connectivity index (χ4n) is 2.09. The molecule has 0 unspecified atom stereocenters. The smallest absolute Gasteiger partial charge is 0.307 e. The molecule has 2 rings (SSSR count). The molecule has 0 radical (unpaired) electrons. The van der Waals surface area contributed by atoms with Crippen molar-refractivity contribution in [3.05, 3.63) is 0 Å². The van der Waals surface area contributed by atoms with Crippen LogP contribution in [0.3, 0.4) is 0 Å². The molecule has 1 N–H and O–H groups in total. The Bertz CT molecular complexity index is 309. The molecule has 0 aromatic heterocycles. The highest BCUT2D eigenvalue weighted by Crippen LogP contribution is 2.41. The van der Waals surface area contributed by atoms with Crippen LogP contribution in [0.2, 0.25) is 0 Å². The first kappa shape index (κ1) is 11.4. The summed E-state index contributed by atoms with van der Waals surface area (Å²) in [5, 5.41) is 8.82. The van der Waals surface area contributed by atoms with Gasteiger partial charge in [0.15, 0.2) is 0 Å². The Labute approximate surface area is 95.6 Å². The second-order valence-corrected chi connectivity index (χ2v) is 5.31. The zero-order valence-electron chi connectivity index (χ0n) is 9.85. The van der Waals surface area contributed by atoms with Gasteiger partial charge >= 0.3 is 5.97 Å². The Hall–Kier alpha value is -1.06. The lowest BCUT2D eigenvalue weighted by molar-refractivity contribution is -0.142. The Morgan fingerprint density at radius 3 is 2.31 bits per heavy atom. The summed E-state index contributed by atoms with van der Waals surface area (Å²) in [6, 6.07) is 0.183. The van der Waals surface area contributed by atoms with E-state index in [4.69, 9.17) is 5.11 Å². The van der Waals surface area contributed by atoms with E-state index in [1.807, 2.05) is 18.7 Å². The standard InChI is InChI=1S/C12H19NO3/c1-7(2)13(6-8-3-4-8)11(14)9-5-10(9)12(15)16/h7-10H,3-6H2,1-2H3,(H,15,16)/t9-,10+/m1/s1. The minimum atomic E-state index is -0.825. The molecule has 0 spiro atoms. The van der Waals surface area contributed by atoms with E-state index >= 15 is 0 Å². The molecule has 1 amide bonds. The number of carboxylic acids is 1. The number of carbonyl (C=O) groups is 2. The van der Waals surface area contributed by atoms with Crippen LogP contribution in [0.25, 0.3) is 0 Å². The molecule has 16 heavy (non-hydrogen) atoms. The van der Waals surface area contributed by atoms with Crippen LogP contribution < -0.4 is 0 Å². The Morgan fingerprint density at radius 2 is 1.94 bits per heavy atom. The molecule has 0 heterocycles. The fraction of sp³-hybridized carbons (Fsp3) is 0.833. The third-order valence-electron chi connectivity index (χ3n) is 3.48. The molecule has 2 atom stereocenters. The third-order valence-corrected chi connectivity index (χ3v) is 3.48. The van der Waals surface area contributed by atoms with Crippen molar-refractivity contribution in [2.24, 2.45) is 17.8 Å². The monoisotopic (exact) mass is 225 g/mol. The number of amides is 1. The van der Waals surface area contributed by atoms with E-state index in [9.17, 15) is 9.59 Å². The quantitative estimate of drug-likeness (QED) is 0.768. The van der Waals surface area contributed by atoms with Crippen LogP contribution in [-0.2, 0) is 9.59 Å². The van der Waals surface area contributed by atoms with Gasteiger partial charge < -0.3 is 10.0 Å². The zero-order chi connectivity index (χ0) is 11.9. The van der Waals surface area contributed by atoms with Gasteiger partial charge in [-0.1, -0.05) is 0 Å². The lowest BCUT2D eigenvalue weighted by Gasteiger charge is -2.27. The van der Waals surface area contributed by atoms with E-state index in [1.165, 1.54) is 12.8 Å². The van der Waals surface area contributed by atoms with Crippen molar-refractivity contribution in [2.75, 3.05) is 6.54 Å². The molecule has 2 saturated carbocycles. The van der Waals surface area contributed by atoms with Gasteiger partial charge in [0.05, 0.1) is 11.8 Å². The van der Waals surface area contributed by atoms with Gasteiger partial charge in [-0.3, -0.25) is 9.59 Å². The Morgan fingerprint density at radius 1 is 1.31 bits per heavy atom. The minimum Gasteiger partial charge on any atom is -0.481 e. The van der Waals surface area contributed by atoms with Crippen LogP contribution in [0, 0.1) is 17.8 Å². The van der Waals surface area contributed by atoms with Gasteiger partial charge in [-0.25, -0.2) is 0 Å². The summed E-state index contributed by atoms with van der Waals surface area (Å²) in [4.78, 5) is 24.7. The highest BCUT2D eigenvalue weighted by atomic mass is 16.4. The molecule has 0 aliphatic heterocycles. The highest BCUT2D eigenvalue weighted by Gasteiger charge is 2.50. The Kier molecular flexibility index (Phi) is 2.91. The van der Waals surface area contributed by atoms with E-state index in [1.54, 1.807) is 0 Å². The molecule has 4 nitrogen and oxygen atoms in total. The molecule has 90 valence electrons. The first-order valence-corrected chi connectivity index (χ1v) is 6.04. The molecule has 0 aromatic carbocycles. The van der Waals surface area contributed by atoms with Crippen molar-refractivity contribution in [3.8, 4) is 0 Å². The van der Waals surface area contributed by atoms with Crippen molar-refractivity contribution in [2.45, 2.75) is 39.2 Å². The predicted octanol–water partition coefficient (Wildman–Crippen LogP) is 1.35. The Balaban J connectivity index is 1.92. The molecule has 2 aliphatic rings. The van der Waals surface area contributed by atoms with Crippen LogP contribution in [0.15, 0.2) is 0 Å². The molecule has 0 bridgehead atoms. The molecule has 4 heteroatoms. The van der Waals surface area contributed by atoms with E-state index in [0.717, 1.165) is 6.54 Å². The van der Waals surface area contributed by atoms with E-state index in [0.29, 0.717) is 12.3 Å². The summed E-state index contributed by atoms with van der Waals surface area (Å²) in [5.41, 5.74) is 0. The summed E-state index contributed by atoms with van der Waals surface area (Å²) < 4.78 is 0. The SMILES string of the molecule is CC(C)N(CC1CC1)C(=O)[C@@H]1C[C@@H]1C(=O)O. The second kappa shape index (κ2) is 4.07. The van der Waals surface area contributed by atoms with Crippen molar-refractivity contribution < 1.29 is 14.7 Å². The van der Waals surface area contributed by atoms with E-state index < -0.39 is 11.9 Å². The van der Waals surface area contributed by atoms with Gasteiger partial charge in [0.2, 0.25) is 5.91 Å². The molecule has 0 saturated heterocycles. The fourth-order valence-corrected chi connectivity index (χ4v) is 2.09. The topological polar surface area (TPSA) is 57.6 Å². The van der Waals surface area contributed by atoms with Crippen LogP contribution in [0.5, 0.6) is 0 Å². The molecule has 2 aliphatic carbocycles. The average molecular weight is 225 g/mol. The minimum absolute atomic E-state index is 0.0503. The predicted molar refractivity (Wildman–Crippen MR) is 58.8 cm³/mol.